The minimum absolute atomic E-state index is 0.0729. The summed E-state index contributed by atoms with van der Waals surface area (Å²) in [6.45, 7) is 1.60. The van der Waals surface area contributed by atoms with Crippen LogP contribution in [0.15, 0.2) is 0 Å². The van der Waals surface area contributed by atoms with Crippen LogP contribution in [0.5, 0.6) is 0 Å². The average molecular weight is 117 g/mol. The molecule has 0 bridgehead atoms. The highest BCUT2D eigenvalue weighted by molar-refractivity contribution is 5.59. The molecule has 0 rings (SSSR count). The molecule has 0 unspecified atom stereocenters. The van der Waals surface area contributed by atoms with Gasteiger partial charge in [0.15, 0.2) is 0 Å². The van der Waals surface area contributed by atoms with Crippen LogP contribution in [0.2, 0.25) is 0 Å². The van der Waals surface area contributed by atoms with E-state index in [-0.39, 0.29) is 12.5 Å². The Kier molecular flexibility index (Phi) is 3.39. The first kappa shape index (κ1) is 7.59. The second-order valence-corrected chi connectivity index (χ2v) is 1.82. The molecule has 0 heterocycles. The Morgan fingerprint density at radius 2 is 2.25 bits per heavy atom. The lowest BCUT2D eigenvalue weighted by Crippen LogP contribution is -2.21. The number of rotatable bonds is 3. The molecular formula is C5H11NO2. The molecule has 0 radical (unpaired) electrons. The molecule has 0 saturated heterocycles. The Balaban J connectivity index is 3.44. The van der Waals surface area contributed by atoms with Crippen molar-refractivity contribution >= 4 is 6.21 Å². The summed E-state index contributed by atoms with van der Waals surface area (Å²) in [7, 11) is 0. The molecule has 0 aliphatic heterocycles. The van der Waals surface area contributed by atoms with E-state index in [1.807, 2.05) is 0 Å². The maximum atomic E-state index is 8.72. The Morgan fingerprint density at radius 3 is 2.38 bits per heavy atom. The predicted molar refractivity (Wildman–Crippen MR) is 31.0 cm³/mol. The van der Waals surface area contributed by atoms with Gasteiger partial charge >= 0.3 is 0 Å². The Hall–Kier alpha value is -0.410. The van der Waals surface area contributed by atoms with E-state index < -0.39 is 6.10 Å². The van der Waals surface area contributed by atoms with Gasteiger partial charge in [-0.1, -0.05) is 6.92 Å². The molecule has 0 aromatic carbocycles. The number of aliphatic hydroxyl groups is 2. The summed E-state index contributed by atoms with van der Waals surface area (Å²) in [5.74, 6) is -0.215. The second-order valence-electron chi connectivity index (χ2n) is 1.82. The van der Waals surface area contributed by atoms with Crippen molar-refractivity contribution in [3.8, 4) is 0 Å². The van der Waals surface area contributed by atoms with Gasteiger partial charge in [-0.25, -0.2) is 0 Å². The molecule has 0 spiro atoms. The van der Waals surface area contributed by atoms with E-state index in [0.717, 1.165) is 6.21 Å². The van der Waals surface area contributed by atoms with Crippen molar-refractivity contribution in [1.29, 1.82) is 5.41 Å². The van der Waals surface area contributed by atoms with Crippen LogP contribution in [-0.2, 0) is 0 Å². The molecule has 0 aliphatic carbocycles. The van der Waals surface area contributed by atoms with Crippen LogP contribution in [0, 0.1) is 11.3 Å². The maximum absolute atomic E-state index is 8.72. The van der Waals surface area contributed by atoms with Crippen molar-refractivity contribution in [2.24, 2.45) is 5.92 Å². The Morgan fingerprint density at radius 1 is 1.75 bits per heavy atom. The second kappa shape index (κ2) is 3.57. The van der Waals surface area contributed by atoms with E-state index in [4.69, 9.17) is 15.6 Å². The fourth-order valence-electron chi connectivity index (χ4n) is 0.272. The summed E-state index contributed by atoms with van der Waals surface area (Å²) in [6, 6.07) is 0. The molecule has 2 atom stereocenters. The van der Waals surface area contributed by atoms with E-state index in [1.54, 1.807) is 6.92 Å². The van der Waals surface area contributed by atoms with Gasteiger partial charge in [0.2, 0.25) is 0 Å². The quantitative estimate of drug-likeness (QED) is 0.441. The molecule has 8 heavy (non-hydrogen) atoms. The summed E-state index contributed by atoms with van der Waals surface area (Å²) < 4.78 is 0. The van der Waals surface area contributed by atoms with Gasteiger partial charge in [0.1, 0.15) is 0 Å². The Bertz CT molecular complexity index is 74.8. The molecule has 0 aromatic heterocycles. The number of aliphatic hydroxyl groups excluding tert-OH is 2. The van der Waals surface area contributed by atoms with E-state index >= 15 is 0 Å². The zero-order chi connectivity index (χ0) is 6.57. The monoisotopic (exact) mass is 117 g/mol. The summed E-state index contributed by atoms with van der Waals surface area (Å²) in [5, 5.41) is 23.7. The van der Waals surface area contributed by atoms with Crippen LogP contribution in [0.25, 0.3) is 0 Å². The van der Waals surface area contributed by atoms with Crippen LogP contribution >= 0.6 is 0 Å². The van der Waals surface area contributed by atoms with E-state index in [0.29, 0.717) is 0 Å². The number of nitrogens with one attached hydrogen (secondary N) is 1. The van der Waals surface area contributed by atoms with Crippen LogP contribution < -0.4 is 0 Å². The van der Waals surface area contributed by atoms with Crippen LogP contribution in [0.4, 0.5) is 0 Å². The molecule has 3 heteroatoms. The van der Waals surface area contributed by atoms with Gasteiger partial charge in [0.25, 0.3) is 0 Å². The lowest BCUT2D eigenvalue weighted by Gasteiger charge is -2.09. The SMILES string of the molecule is C[C@H](CO)[C@H](O)C=N. The normalized spacial score (nSPS) is 17.4. The fourth-order valence-corrected chi connectivity index (χ4v) is 0.272. The van der Waals surface area contributed by atoms with Gasteiger partial charge in [0.05, 0.1) is 6.10 Å². The number of hydrogen-bond donors (Lipinski definition) is 3. The molecular weight excluding hydrogens is 106 g/mol. The summed E-state index contributed by atoms with van der Waals surface area (Å²) in [5.41, 5.74) is 0. The third-order valence-electron chi connectivity index (χ3n) is 1.04. The van der Waals surface area contributed by atoms with Gasteiger partial charge < -0.3 is 15.6 Å². The molecule has 0 amide bonds. The minimum atomic E-state index is -0.792. The van der Waals surface area contributed by atoms with Crippen molar-refractivity contribution < 1.29 is 10.2 Å². The third kappa shape index (κ3) is 2.04. The van der Waals surface area contributed by atoms with E-state index in [2.05, 4.69) is 0 Å². The van der Waals surface area contributed by atoms with Gasteiger partial charge in [-0.15, -0.1) is 0 Å². The summed E-state index contributed by atoms with van der Waals surface area (Å²) >= 11 is 0. The number of hydrogen-bond acceptors (Lipinski definition) is 3. The van der Waals surface area contributed by atoms with Crippen LogP contribution in [0.1, 0.15) is 6.92 Å². The molecule has 3 N–H and O–H groups in total. The average Bonchev–Trinajstić information content (AvgIpc) is 1.84. The van der Waals surface area contributed by atoms with Crippen molar-refractivity contribution in [3.05, 3.63) is 0 Å². The minimum Gasteiger partial charge on any atom is -0.396 e. The fraction of sp³-hybridized carbons (Fsp3) is 0.800. The summed E-state index contributed by atoms with van der Waals surface area (Å²) in [6.07, 6.45) is 0.126. The molecule has 48 valence electrons. The smallest absolute Gasteiger partial charge is 0.0931 e. The van der Waals surface area contributed by atoms with Crippen LogP contribution in [0.3, 0.4) is 0 Å². The zero-order valence-electron chi connectivity index (χ0n) is 4.83. The van der Waals surface area contributed by atoms with Gasteiger partial charge in [-0.2, -0.15) is 0 Å². The highest BCUT2D eigenvalue weighted by Gasteiger charge is 2.07. The largest absolute Gasteiger partial charge is 0.396 e. The van der Waals surface area contributed by atoms with Crippen LogP contribution in [-0.4, -0.2) is 29.1 Å². The van der Waals surface area contributed by atoms with Crippen molar-refractivity contribution in [2.45, 2.75) is 13.0 Å². The molecule has 0 fully saturated rings. The third-order valence-corrected chi connectivity index (χ3v) is 1.04. The van der Waals surface area contributed by atoms with Crippen molar-refractivity contribution in [2.75, 3.05) is 6.61 Å². The molecule has 3 nitrogen and oxygen atoms in total. The first-order valence-electron chi connectivity index (χ1n) is 2.52. The standard InChI is InChI=1S/C5H11NO2/c1-4(3-7)5(8)2-6/h2,4-8H,3H2,1H3/t4-,5-/m1/s1. The maximum Gasteiger partial charge on any atom is 0.0931 e. The highest BCUT2D eigenvalue weighted by atomic mass is 16.3. The van der Waals surface area contributed by atoms with Gasteiger partial charge in [-0.05, 0) is 0 Å². The van der Waals surface area contributed by atoms with Gasteiger partial charge in [0, 0.05) is 18.7 Å². The zero-order valence-corrected chi connectivity index (χ0v) is 4.83. The first-order valence-corrected chi connectivity index (χ1v) is 2.52. The lowest BCUT2D eigenvalue weighted by atomic mass is 10.1. The van der Waals surface area contributed by atoms with E-state index in [1.165, 1.54) is 0 Å². The summed E-state index contributed by atoms with van der Waals surface area (Å²) in [4.78, 5) is 0. The molecule has 0 aliphatic rings. The molecule has 0 saturated carbocycles. The van der Waals surface area contributed by atoms with Crippen molar-refractivity contribution in [3.63, 3.8) is 0 Å². The highest BCUT2D eigenvalue weighted by Crippen LogP contribution is 1.96. The lowest BCUT2D eigenvalue weighted by molar-refractivity contribution is 0.127. The van der Waals surface area contributed by atoms with Gasteiger partial charge in [-0.3, -0.25) is 0 Å². The molecule has 0 aromatic rings. The Labute approximate surface area is 48.5 Å². The van der Waals surface area contributed by atoms with E-state index in [9.17, 15) is 0 Å². The first-order chi connectivity index (χ1) is 3.72. The predicted octanol–water partition coefficient (Wildman–Crippen LogP) is -0.375. The van der Waals surface area contributed by atoms with Crippen molar-refractivity contribution in [1.82, 2.24) is 0 Å². The topological polar surface area (TPSA) is 64.3 Å².